The summed E-state index contributed by atoms with van der Waals surface area (Å²) in [5.41, 5.74) is -1.31. The lowest BCUT2D eigenvalue weighted by Crippen LogP contribution is -2.19. The second-order valence-electron chi connectivity index (χ2n) is 4.38. The summed E-state index contributed by atoms with van der Waals surface area (Å²) in [6, 6.07) is 4.64. The highest BCUT2D eigenvalue weighted by molar-refractivity contribution is 7.91. The van der Waals surface area contributed by atoms with Crippen LogP contribution in [0.1, 0.15) is 20.8 Å². The van der Waals surface area contributed by atoms with Crippen molar-refractivity contribution in [2.45, 2.75) is 31.1 Å². The van der Waals surface area contributed by atoms with Gasteiger partial charge in [0.25, 0.3) is 5.69 Å². The molecule has 0 aliphatic rings. The highest BCUT2D eigenvalue weighted by atomic mass is 32.2. The van der Waals surface area contributed by atoms with Crippen LogP contribution in [0.15, 0.2) is 29.2 Å². The van der Waals surface area contributed by atoms with Gasteiger partial charge >= 0.3 is 0 Å². The first kappa shape index (κ1) is 16.0. The van der Waals surface area contributed by atoms with E-state index in [2.05, 4.69) is 12.0 Å². The van der Waals surface area contributed by atoms with Gasteiger partial charge in [-0.3, -0.25) is 10.1 Å². The molecule has 0 aliphatic heterocycles. The van der Waals surface area contributed by atoms with Gasteiger partial charge in [0.05, 0.1) is 9.82 Å². The maximum Gasteiger partial charge on any atom is 0.269 e. The molecule has 7 heteroatoms. The third-order valence-corrected chi connectivity index (χ3v) is 4.28. The number of rotatable bonds is 4. The Kier molecular flexibility index (Phi) is 5.11. The van der Waals surface area contributed by atoms with E-state index in [0.717, 1.165) is 12.1 Å². The molecule has 0 radical (unpaired) electrons. The lowest BCUT2D eigenvalue weighted by atomic mass is 10.2. The molecule has 20 heavy (non-hydrogen) atoms. The van der Waals surface area contributed by atoms with Crippen molar-refractivity contribution in [2.24, 2.45) is 5.92 Å². The Morgan fingerprint density at radius 1 is 1.20 bits per heavy atom. The molecule has 1 rings (SSSR count). The van der Waals surface area contributed by atoms with E-state index < -0.39 is 20.2 Å². The molecule has 108 valence electrons. The van der Waals surface area contributed by atoms with E-state index in [-0.39, 0.29) is 16.5 Å². The summed E-state index contributed by atoms with van der Waals surface area (Å²) < 4.78 is 29.2. The molecule has 0 spiro atoms. The van der Waals surface area contributed by atoms with Crippen molar-refractivity contribution in [1.82, 2.24) is 0 Å². The van der Waals surface area contributed by atoms with Crippen molar-refractivity contribution in [1.29, 1.82) is 0 Å². The van der Waals surface area contributed by atoms with Gasteiger partial charge in [0.2, 0.25) is 15.3 Å². The van der Waals surface area contributed by atoms with Gasteiger partial charge in [0.1, 0.15) is 6.11 Å². The summed E-state index contributed by atoms with van der Waals surface area (Å²) in [7, 11) is -3.73. The highest BCUT2D eigenvalue weighted by Gasteiger charge is 2.25. The van der Waals surface area contributed by atoms with Gasteiger partial charge in [-0.1, -0.05) is 19.8 Å². The minimum absolute atomic E-state index is 0.0399. The first-order chi connectivity index (χ1) is 9.25. The predicted octanol–water partition coefficient (Wildman–Crippen LogP) is 2.35. The smallest absolute Gasteiger partial charge is 0.269 e. The fourth-order valence-corrected chi connectivity index (χ4v) is 2.32. The van der Waals surface area contributed by atoms with Crippen LogP contribution in [0.4, 0.5) is 5.69 Å². The average molecular weight is 297 g/mol. The number of benzene rings is 1. The van der Waals surface area contributed by atoms with Gasteiger partial charge in [-0.25, -0.2) is 8.42 Å². The van der Waals surface area contributed by atoms with Crippen molar-refractivity contribution in [2.75, 3.05) is 0 Å². The van der Waals surface area contributed by atoms with E-state index in [1.54, 1.807) is 0 Å². The second kappa shape index (κ2) is 6.39. The number of hydrogen-bond acceptors (Lipinski definition) is 5. The van der Waals surface area contributed by atoms with E-state index in [9.17, 15) is 18.5 Å². The van der Waals surface area contributed by atoms with Gasteiger partial charge < -0.3 is 4.74 Å². The van der Waals surface area contributed by atoms with Crippen molar-refractivity contribution in [3.63, 3.8) is 0 Å². The second-order valence-corrected chi connectivity index (χ2v) is 6.61. The quantitative estimate of drug-likeness (QED) is 0.483. The summed E-state index contributed by atoms with van der Waals surface area (Å²) in [4.78, 5) is 9.88. The molecule has 1 aromatic carbocycles. The maximum absolute atomic E-state index is 12.1. The largest absolute Gasteiger partial charge is 0.427 e. The molecule has 1 aromatic rings. The molecule has 0 fully saturated rings. The van der Waals surface area contributed by atoms with Gasteiger partial charge in [-0.2, -0.15) is 0 Å². The van der Waals surface area contributed by atoms with Crippen LogP contribution in [-0.4, -0.2) is 18.8 Å². The normalized spacial score (nSPS) is 12.4. The molecule has 0 aromatic heterocycles. The number of ether oxygens (including phenoxy) is 1. The first-order valence-electron chi connectivity index (χ1n) is 5.89. The summed E-state index contributed by atoms with van der Waals surface area (Å²) in [6.45, 7) is 5.07. The van der Waals surface area contributed by atoms with Crippen molar-refractivity contribution in [3.8, 4) is 12.0 Å². The molecule has 1 unspecified atom stereocenters. The molecular weight excluding hydrogens is 282 g/mol. The number of non-ortho nitro benzene ring substituents is 1. The molecular formula is C13H15NO5S. The highest BCUT2D eigenvalue weighted by Crippen LogP contribution is 2.20. The summed E-state index contributed by atoms with van der Waals surface area (Å²) in [6.07, 6.45) is 2.35. The number of nitro benzene ring substituents is 1. The minimum Gasteiger partial charge on any atom is -0.427 e. The van der Waals surface area contributed by atoms with Crippen LogP contribution in [0.5, 0.6) is 0 Å². The fourth-order valence-electron chi connectivity index (χ4n) is 1.25. The Morgan fingerprint density at radius 3 is 2.20 bits per heavy atom. The van der Waals surface area contributed by atoms with Crippen molar-refractivity contribution < 1.29 is 18.1 Å². The first-order valence-corrected chi connectivity index (χ1v) is 7.44. The zero-order chi connectivity index (χ0) is 15.3. The molecule has 0 heterocycles. The Labute approximate surface area is 117 Å². The van der Waals surface area contributed by atoms with Crippen LogP contribution >= 0.6 is 0 Å². The monoisotopic (exact) mass is 297 g/mol. The number of nitro groups is 1. The Hall–Kier alpha value is -2.07. The Morgan fingerprint density at radius 2 is 1.75 bits per heavy atom. The number of nitrogens with zero attached hydrogens (tertiary/aromatic N) is 1. The van der Waals surface area contributed by atoms with Crippen LogP contribution in [-0.2, 0) is 14.6 Å². The zero-order valence-corrected chi connectivity index (χ0v) is 12.2. The van der Waals surface area contributed by atoms with Crippen molar-refractivity contribution in [3.05, 3.63) is 34.4 Å². The van der Waals surface area contributed by atoms with Crippen LogP contribution in [0.25, 0.3) is 0 Å². The topological polar surface area (TPSA) is 86.5 Å². The molecule has 0 N–H and O–H groups in total. The van der Waals surface area contributed by atoms with Crippen LogP contribution in [0.3, 0.4) is 0 Å². The third kappa shape index (κ3) is 3.96. The van der Waals surface area contributed by atoms with E-state index in [4.69, 9.17) is 4.74 Å². The van der Waals surface area contributed by atoms with E-state index in [1.807, 2.05) is 13.8 Å². The van der Waals surface area contributed by atoms with Crippen LogP contribution < -0.4 is 0 Å². The standard InChI is InChI=1S/C13H15NO5S/c1-10(2)8-9-19-11(3)20(17,18)13-6-4-12(5-7-13)14(15)16/h4-7,10-11H,1-3H3. The summed E-state index contributed by atoms with van der Waals surface area (Å²) in [5.74, 6) is 2.77. The van der Waals surface area contributed by atoms with Crippen LogP contribution in [0, 0.1) is 28.1 Å². The molecule has 0 amide bonds. The lowest BCUT2D eigenvalue weighted by molar-refractivity contribution is -0.384. The van der Waals surface area contributed by atoms with Crippen molar-refractivity contribution >= 4 is 15.5 Å². The number of sulfone groups is 1. The SMILES string of the molecule is CC(C)C#COC(C)S(=O)(=O)c1ccc([N+](=O)[O-])cc1. The molecule has 6 nitrogen and oxygen atoms in total. The Balaban J connectivity index is 2.93. The van der Waals surface area contributed by atoms with Gasteiger partial charge in [-0.05, 0) is 19.1 Å². The third-order valence-electron chi connectivity index (χ3n) is 2.39. The van der Waals surface area contributed by atoms with E-state index in [1.165, 1.54) is 19.1 Å². The van der Waals surface area contributed by atoms with Crippen LogP contribution in [0.2, 0.25) is 0 Å². The van der Waals surface area contributed by atoms with E-state index >= 15 is 0 Å². The molecule has 0 saturated heterocycles. The van der Waals surface area contributed by atoms with E-state index in [0.29, 0.717) is 0 Å². The maximum atomic E-state index is 12.1. The number of hydrogen-bond donors (Lipinski definition) is 0. The van der Waals surface area contributed by atoms with Gasteiger partial charge in [-0.15, -0.1) is 0 Å². The average Bonchev–Trinajstić information content (AvgIpc) is 2.38. The lowest BCUT2D eigenvalue weighted by Gasteiger charge is -2.10. The summed E-state index contributed by atoms with van der Waals surface area (Å²) in [5, 5.41) is 10.5. The fraction of sp³-hybridized carbons (Fsp3) is 0.385. The zero-order valence-electron chi connectivity index (χ0n) is 11.4. The molecule has 0 aliphatic carbocycles. The molecule has 0 bridgehead atoms. The van der Waals surface area contributed by atoms with Gasteiger partial charge in [0, 0.05) is 18.1 Å². The van der Waals surface area contributed by atoms with Gasteiger partial charge in [0.15, 0.2) is 0 Å². The molecule has 0 saturated carbocycles. The predicted molar refractivity (Wildman–Crippen MR) is 73.4 cm³/mol. The minimum atomic E-state index is -3.73. The summed E-state index contributed by atoms with van der Waals surface area (Å²) >= 11 is 0. The molecule has 1 atom stereocenters. The Bertz CT molecular complexity index is 638.